The highest BCUT2D eigenvalue weighted by Gasteiger charge is 2.41. The number of benzene rings is 1. The first-order valence-corrected chi connectivity index (χ1v) is 16.2. The number of aromatic amines is 1. The summed E-state index contributed by atoms with van der Waals surface area (Å²) in [5.41, 5.74) is 7.89. The standard InChI is InChI=1S/C34H48N6O5/c1-6-33(14-17-39(18-15-33)31(43)45-32(3,4)5)38-26-11-16-36-29(41)27(26)28(35)37-24-9-10-25(23(2)21-24)30(42)40-19-20-44-34(22-40)12-7-8-13-34/h9-11,16,21H,6-8,12-15,17-20,22H2,1-5H3,(H2,35,37)(H2,36,38,41). The number of piperidine rings is 1. The number of ether oxygens (including phenoxy) is 2. The number of nitrogens with one attached hydrogen (secondary N) is 2. The predicted molar refractivity (Wildman–Crippen MR) is 175 cm³/mol. The lowest BCUT2D eigenvalue weighted by Crippen LogP contribution is -2.52. The number of pyridine rings is 1. The fourth-order valence-corrected chi connectivity index (χ4v) is 6.80. The number of nitrogens with zero attached hydrogens (tertiary/aromatic N) is 3. The van der Waals surface area contributed by atoms with Crippen molar-refractivity contribution in [1.82, 2.24) is 14.8 Å². The quantitative estimate of drug-likeness (QED) is 0.301. The zero-order chi connectivity index (χ0) is 32.4. The minimum atomic E-state index is -0.555. The van der Waals surface area contributed by atoms with E-state index in [9.17, 15) is 14.4 Å². The number of rotatable bonds is 6. The van der Waals surface area contributed by atoms with Crippen molar-refractivity contribution in [2.45, 2.75) is 96.3 Å². The molecule has 3 aliphatic rings. The van der Waals surface area contributed by atoms with E-state index in [4.69, 9.17) is 15.2 Å². The lowest BCUT2D eigenvalue weighted by atomic mass is 9.84. The molecule has 2 saturated heterocycles. The second-order valence-electron chi connectivity index (χ2n) is 13.8. The number of aliphatic imine (C=N–C) groups is 1. The van der Waals surface area contributed by atoms with Crippen molar-refractivity contribution in [3.05, 3.63) is 57.5 Å². The van der Waals surface area contributed by atoms with E-state index in [1.807, 2.05) is 38.7 Å². The third kappa shape index (κ3) is 7.35. The fourth-order valence-electron chi connectivity index (χ4n) is 6.80. The molecular weight excluding hydrogens is 572 g/mol. The number of nitrogens with two attached hydrogens (primary N) is 1. The molecule has 0 atom stereocenters. The first-order chi connectivity index (χ1) is 21.3. The Labute approximate surface area is 265 Å². The van der Waals surface area contributed by atoms with Crippen molar-refractivity contribution in [2.24, 2.45) is 10.7 Å². The summed E-state index contributed by atoms with van der Waals surface area (Å²) in [6, 6.07) is 7.18. The smallest absolute Gasteiger partial charge is 0.410 e. The molecule has 1 spiro atoms. The van der Waals surface area contributed by atoms with Gasteiger partial charge in [-0.15, -0.1) is 0 Å². The van der Waals surface area contributed by atoms with Crippen LogP contribution in [0.5, 0.6) is 0 Å². The maximum absolute atomic E-state index is 13.5. The van der Waals surface area contributed by atoms with Crippen LogP contribution in [0.25, 0.3) is 0 Å². The maximum Gasteiger partial charge on any atom is 0.410 e. The average molecular weight is 621 g/mol. The van der Waals surface area contributed by atoms with Gasteiger partial charge in [0.05, 0.1) is 30.1 Å². The Bertz CT molecular complexity index is 1500. The van der Waals surface area contributed by atoms with E-state index < -0.39 is 5.60 Å². The van der Waals surface area contributed by atoms with Gasteiger partial charge in [-0.3, -0.25) is 9.59 Å². The lowest BCUT2D eigenvalue weighted by molar-refractivity contribution is -0.0948. The molecule has 3 fully saturated rings. The molecule has 0 unspecified atom stereocenters. The van der Waals surface area contributed by atoms with Gasteiger partial charge in [0, 0.05) is 36.9 Å². The molecule has 1 aromatic heterocycles. The molecular formula is C34H48N6O5. The molecule has 45 heavy (non-hydrogen) atoms. The fraction of sp³-hybridized carbons (Fsp3) is 0.588. The predicted octanol–water partition coefficient (Wildman–Crippen LogP) is 5.10. The first-order valence-electron chi connectivity index (χ1n) is 16.2. The molecule has 2 aromatic rings. The Hall–Kier alpha value is -3.86. The van der Waals surface area contributed by atoms with Crippen LogP contribution in [0.4, 0.5) is 16.2 Å². The molecule has 244 valence electrons. The van der Waals surface area contributed by atoms with Crippen molar-refractivity contribution in [1.29, 1.82) is 0 Å². The van der Waals surface area contributed by atoms with E-state index in [2.05, 4.69) is 22.2 Å². The minimum Gasteiger partial charge on any atom is -0.444 e. The van der Waals surface area contributed by atoms with Crippen LogP contribution in [0.3, 0.4) is 0 Å². The van der Waals surface area contributed by atoms with Crippen LogP contribution >= 0.6 is 0 Å². The van der Waals surface area contributed by atoms with E-state index in [1.54, 1.807) is 29.3 Å². The summed E-state index contributed by atoms with van der Waals surface area (Å²) >= 11 is 0. The number of amides is 2. The van der Waals surface area contributed by atoms with Gasteiger partial charge in [0.15, 0.2) is 0 Å². The highest BCUT2D eigenvalue weighted by molar-refractivity contribution is 6.03. The normalized spacial score (nSPS) is 19.9. The Morgan fingerprint density at radius 2 is 1.80 bits per heavy atom. The van der Waals surface area contributed by atoms with Gasteiger partial charge in [0.2, 0.25) is 0 Å². The molecule has 2 aliphatic heterocycles. The minimum absolute atomic E-state index is 0.000790. The number of carbonyl (C=O) groups excluding carboxylic acids is 2. The Morgan fingerprint density at radius 1 is 1.09 bits per heavy atom. The number of hydrogen-bond donors (Lipinski definition) is 3. The van der Waals surface area contributed by atoms with Gasteiger partial charge in [0.25, 0.3) is 11.5 Å². The van der Waals surface area contributed by atoms with Gasteiger partial charge in [-0.25, -0.2) is 9.79 Å². The van der Waals surface area contributed by atoms with E-state index in [1.165, 1.54) is 0 Å². The molecule has 3 heterocycles. The van der Waals surface area contributed by atoms with E-state index in [0.29, 0.717) is 62.6 Å². The molecule has 11 nitrogen and oxygen atoms in total. The third-order valence-corrected chi connectivity index (χ3v) is 9.41. The van der Waals surface area contributed by atoms with E-state index in [0.717, 1.165) is 37.7 Å². The van der Waals surface area contributed by atoms with Crippen molar-refractivity contribution >= 4 is 29.2 Å². The number of hydrogen-bond acceptors (Lipinski definition) is 7. The number of carbonyl (C=O) groups is 2. The first kappa shape index (κ1) is 32.5. The van der Waals surface area contributed by atoms with Crippen LogP contribution in [0.2, 0.25) is 0 Å². The number of amidine groups is 1. The zero-order valence-corrected chi connectivity index (χ0v) is 27.3. The number of H-pyrrole nitrogens is 1. The lowest BCUT2D eigenvalue weighted by Gasteiger charge is -2.43. The van der Waals surface area contributed by atoms with Gasteiger partial charge in [-0.05, 0) is 89.6 Å². The molecule has 11 heteroatoms. The average Bonchev–Trinajstić information content (AvgIpc) is 3.43. The maximum atomic E-state index is 13.5. The van der Waals surface area contributed by atoms with Crippen LogP contribution < -0.4 is 16.6 Å². The molecule has 5 rings (SSSR count). The second kappa shape index (κ2) is 12.9. The second-order valence-corrected chi connectivity index (χ2v) is 13.8. The Balaban J connectivity index is 1.31. The summed E-state index contributed by atoms with van der Waals surface area (Å²) in [4.78, 5) is 50.2. The zero-order valence-electron chi connectivity index (χ0n) is 27.3. The van der Waals surface area contributed by atoms with Crippen molar-refractivity contribution in [2.75, 3.05) is 38.1 Å². The Morgan fingerprint density at radius 3 is 2.44 bits per heavy atom. The SMILES string of the molecule is CCC1(Nc2cc[nH]c(=O)c2C(N)=Nc2ccc(C(=O)N3CCOC4(CCCC4)C3)c(C)c2)CCN(C(=O)OC(C)(C)C)CC1. The number of likely N-dealkylation sites (tertiary alicyclic amines) is 1. The van der Waals surface area contributed by atoms with Crippen LogP contribution in [0.1, 0.15) is 94.1 Å². The molecule has 1 aromatic carbocycles. The number of aryl methyl sites for hydroxylation is 1. The summed E-state index contributed by atoms with van der Waals surface area (Å²) < 4.78 is 11.7. The van der Waals surface area contributed by atoms with Crippen molar-refractivity contribution in [3.8, 4) is 0 Å². The third-order valence-electron chi connectivity index (χ3n) is 9.41. The van der Waals surface area contributed by atoms with Crippen LogP contribution in [-0.2, 0) is 9.47 Å². The van der Waals surface area contributed by atoms with Crippen molar-refractivity contribution < 1.29 is 19.1 Å². The van der Waals surface area contributed by atoms with Gasteiger partial charge in [0.1, 0.15) is 17.0 Å². The molecule has 1 aliphatic carbocycles. The number of anilines is 1. The molecule has 4 N–H and O–H groups in total. The van der Waals surface area contributed by atoms with Crippen LogP contribution in [0.15, 0.2) is 40.2 Å². The largest absolute Gasteiger partial charge is 0.444 e. The summed E-state index contributed by atoms with van der Waals surface area (Å²) in [6.45, 7) is 12.4. The molecule has 2 amide bonds. The van der Waals surface area contributed by atoms with E-state index in [-0.39, 0.29) is 40.1 Å². The topological polar surface area (TPSA) is 142 Å². The monoisotopic (exact) mass is 620 g/mol. The van der Waals surface area contributed by atoms with Crippen molar-refractivity contribution in [3.63, 3.8) is 0 Å². The van der Waals surface area contributed by atoms with Gasteiger partial charge in [-0.2, -0.15) is 0 Å². The van der Waals surface area contributed by atoms with Crippen LogP contribution in [-0.4, -0.2) is 82.1 Å². The molecule has 1 saturated carbocycles. The number of aromatic nitrogens is 1. The van der Waals surface area contributed by atoms with Gasteiger partial charge >= 0.3 is 6.09 Å². The molecule has 0 bridgehead atoms. The summed E-state index contributed by atoms with van der Waals surface area (Å²) in [6.07, 6.45) is 7.72. The Kier molecular flexibility index (Phi) is 9.30. The summed E-state index contributed by atoms with van der Waals surface area (Å²) in [5.74, 6) is 0.0748. The van der Waals surface area contributed by atoms with Gasteiger partial charge < -0.3 is 35.3 Å². The highest BCUT2D eigenvalue weighted by atomic mass is 16.6. The molecule has 0 radical (unpaired) electrons. The van der Waals surface area contributed by atoms with Crippen LogP contribution in [0, 0.1) is 6.92 Å². The number of morpholine rings is 1. The summed E-state index contributed by atoms with van der Waals surface area (Å²) in [5, 5.41) is 3.60. The highest BCUT2D eigenvalue weighted by Crippen LogP contribution is 2.36. The summed E-state index contributed by atoms with van der Waals surface area (Å²) in [7, 11) is 0. The van der Waals surface area contributed by atoms with E-state index >= 15 is 0 Å². The van der Waals surface area contributed by atoms with Gasteiger partial charge in [-0.1, -0.05) is 19.8 Å².